The van der Waals surface area contributed by atoms with Crippen LogP contribution in [0.1, 0.15) is 9.67 Å². The lowest BCUT2D eigenvalue weighted by molar-refractivity contribution is 0.0997. The number of benzene rings is 1. The van der Waals surface area contributed by atoms with Crippen LogP contribution in [0.15, 0.2) is 28.9 Å². The Bertz CT molecular complexity index is 874. The molecule has 3 rings (SSSR count). The molecule has 8 heteroatoms. The standard InChI is InChI=1S/C15H14BrN3O3S/c1-19(8-4-5-10(21-2)11(6-8)22-3)15(20)12-7-9-13(16)17-18-14(9)23-12/h4-7H,1-3H3,(H,17,18). The normalized spacial score (nSPS) is 10.8. The van der Waals surface area contributed by atoms with E-state index in [-0.39, 0.29) is 5.91 Å². The molecule has 0 fully saturated rings. The number of halogens is 1. The fraction of sp³-hybridized carbons (Fsp3) is 0.200. The van der Waals surface area contributed by atoms with Crippen LogP contribution in [0.2, 0.25) is 0 Å². The second-order valence-electron chi connectivity index (χ2n) is 4.77. The second kappa shape index (κ2) is 6.21. The number of hydrogen-bond acceptors (Lipinski definition) is 5. The number of thiophene rings is 1. The van der Waals surface area contributed by atoms with E-state index in [4.69, 9.17) is 9.47 Å². The third-order valence-corrected chi connectivity index (χ3v) is 5.10. The van der Waals surface area contributed by atoms with Gasteiger partial charge in [0.2, 0.25) is 0 Å². The minimum absolute atomic E-state index is 0.105. The van der Waals surface area contributed by atoms with Gasteiger partial charge in [-0.1, -0.05) is 0 Å². The zero-order chi connectivity index (χ0) is 16.6. The molecule has 0 saturated carbocycles. The number of methoxy groups -OCH3 is 2. The Morgan fingerprint density at radius 3 is 2.65 bits per heavy atom. The molecule has 0 spiro atoms. The summed E-state index contributed by atoms with van der Waals surface area (Å²) in [5.74, 6) is 1.09. The van der Waals surface area contributed by atoms with Gasteiger partial charge in [-0.05, 0) is 34.1 Å². The molecule has 0 aliphatic carbocycles. The number of ether oxygens (including phenoxy) is 2. The molecular weight excluding hydrogens is 382 g/mol. The first-order valence-corrected chi connectivity index (χ1v) is 8.29. The van der Waals surface area contributed by atoms with Crippen molar-refractivity contribution in [2.24, 2.45) is 0 Å². The quantitative estimate of drug-likeness (QED) is 0.731. The fourth-order valence-corrected chi connectivity index (χ4v) is 3.70. The van der Waals surface area contributed by atoms with Gasteiger partial charge in [0.25, 0.3) is 5.91 Å². The molecule has 0 aliphatic heterocycles. The second-order valence-corrected chi connectivity index (χ2v) is 6.59. The molecule has 3 aromatic rings. The van der Waals surface area contributed by atoms with Crippen molar-refractivity contribution in [1.82, 2.24) is 10.2 Å². The third kappa shape index (κ3) is 2.79. The zero-order valence-electron chi connectivity index (χ0n) is 12.7. The Morgan fingerprint density at radius 1 is 1.26 bits per heavy atom. The number of aromatic amines is 1. The number of amides is 1. The van der Waals surface area contributed by atoms with Crippen LogP contribution in [0.5, 0.6) is 11.5 Å². The summed E-state index contributed by atoms with van der Waals surface area (Å²) in [5, 5.41) is 7.88. The highest BCUT2D eigenvalue weighted by Crippen LogP contribution is 2.33. The lowest BCUT2D eigenvalue weighted by Crippen LogP contribution is -2.25. The highest BCUT2D eigenvalue weighted by molar-refractivity contribution is 9.10. The van der Waals surface area contributed by atoms with Gasteiger partial charge in [-0.2, -0.15) is 5.10 Å². The molecule has 1 amide bonds. The summed E-state index contributed by atoms with van der Waals surface area (Å²) < 4.78 is 11.3. The van der Waals surface area contributed by atoms with Crippen LogP contribution in [-0.4, -0.2) is 37.4 Å². The summed E-state index contributed by atoms with van der Waals surface area (Å²) in [5.41, 5.74) is 0.722. The van der Waals surface area contributed by atoms with E-state index in [0.29, 0.717) is 16.4 Å². The van der Waals surface area contributed by atoms with Crippen molar-refractivity contribution in [2.45, 2.75) is 0 Å². The van der Waals surface area contributed by atoms with Gasteiger partial charge in [0.1, 0.15) is 9.43 Å². The molecule has 1 aromatic carbocycles. The maximum Gasteiger partial charge on any atom is 0.268 e. The van der Waals surface area contributed by atoms with Gasteiger partial charge in [-0.25, -0.2) is 0 Å². The van der Waals surface area contributed by atoms with Gasteiger partial charge in [0.05, 0.1) is 19.1 Å². The SMILES string of the molecule is COc1ccc(N(C)C(=O)c2cc3c(Br)[nH]nc3s2)cc1OC. The van der Waals surface area contributed by atoms with Gasteiger partial charge in [-0.3, -0.25) is 9.89 Å². The molecule has 0 radical (unpaired) electrons. The number of hydrogen-bond donors (Lipinski definition) is 1. The van der Waals surface area contributed by atoms with E-state index >= 15 is 0 Å². The molecule has 0 saturated heterocycles. The van der Waals surface area contributed by atoms with E-state index in [1.165, 1.54) is 11.3 Å². The van der Waals surface area contributed by atoms with Crippen molar-refractivity contribution in [2.75, 3.05) is 26.2 Å². The molecular formula is C15H14BrN3O3S. The lowest BCUT2D eigenvalue weighted by Gasteiger charge is -2.18. The molecule has 23 heavy (non-hydrogen) atoms. The zero-order valence-corrected chi connectivity index (χ0v) is 15.1. The lowest BCUT2D eigenvalue weighted by atomic mass is 10.2. The molecule has 1 N–H and O–H groups in total. The molecule has 120 valence electrons. The summed E-state index contributed by atoms with van der Waals surface area (Å²) in [6, 6.07) is 7.18. The van der Waals surface area contributed by atoms with Crippen LogP contribution in [0, 0.1) is 0 Å². The van der Waals surface area contributed by atoms with E-state index in [2.05, 4.69) is 26.1 Å². The third-order valence-electron chi connectivity index (χ3n) is 3.47. The molecule has 0 unspecified atom stereocenters. The van der Waals surface area contributed by atoms with Crippen LogP contribution in [0.25, 0.3) is 10.2 Å². The van der Waals surface area contributed by atoms with Gasteiger partial charge < -0.3 is 14.4 Å². The Labute approximate surface area is 145 Å². The Balaban J connectivity index is 1.92. The number of anilines is 1. The van der Waals surface area contributed by atoms with Gasteiger partial charge in [0.15, 0.2) is 11.5 Å². The highest BCUT2D eigenvalue weighted by Gasteiger charge is 2.19. The number of carbonyl (C=O) groups is 1. The number of aromatic nitrogens is 2. The Hall–Kier alpha value is -2.06. The van der Waals surface area contributed by atoms with Gasteiger partial charge in [0, 0.05) is 24.2 Å². The van der Waals surface area contributed by atoms with E-state index in [1.807, 2.05) is 12.1 Å². The first kappa shape index (κ1) is 15.8. The maximum atomic E-state index is 12.7. The number of rotatable bonds is 4. The number of nitrogens with one attached hydrogen (secondary N) is 1. The van der Waals surface area contributed by atoms with Crippen molar-refractivity contribution in [3.05, 3.63) is 33.7 Å². The summed E-state index contributed by atoms with van der Waals surface area (Å²) in [4.78, 5) is 15.7. The van der Waals surface area contributed by atoms with Gasteiger partial charge in [-0.15, -0.1) is 11.3 Å². The fourth-order valence-electron chi connectivity index (χ4n) is 2.20. The molecule has 6 nitrogen and oxygen atoms in total. The summed E-state index contributed by atoms with van der Waals surface area (Å²) in [6.45, 7) is 0. The van der Waals surface area contributed by atoms with E-state index in [9.17, 15) is 4.79 Å². The van der Waals surface area contributed by atoms with Crippen molar-refractivity contribution >= 4 is 49.1 Å². The van der Waals surface area contributed by atoms with E-state index in [1.54, 1.807) is 38.3 Å². The van der Waals surface area contributed by atoms with Crippen LogP contribution < -0.4 is 14.4 Å². The van der Waals surface area contributed by atoms with Crippen molar-refractivity contribution in [3.8, 4) is 11.5 Å². The number of carbonyl (C=O) groups excluding carboxylic acids is 1. The van der Waals surface area contributed by atoms with Crippen LogP contribution >= 0.6 is 27.3 Å². The Morgan fingerprint density at radius 2 is 2.00 bits per heavy atom. The molecule has 2 heterocycles. The van der Waals surface area contributed by atoms with Crippen LogP contribution in [0.3, 0.4) is 0 Å². The average molecular weight is 396 g/mol. The minimum atomic E-state index is -0.105. The first-order chi connectivity index (χ1) is 11.0. The molecule has 0 bridgehead atoms. The number of H-pyrrole nitrogens is 1. The predicted octanol–water partition coefficient (Wildman–Crippen LogP) is 3.68. The topological polar surface area (TPSA) is 67.5 Å². The minimum Gasteiger partial charge on any atom is -0.493 e. The molecule has 0 aliphatic rings. The van der Waals surface area contributed by atoms with Crippen LogP contribution in [-0.2, 0) is 0 Å². The number of nitrogens with zero attached hydrogens (tertiary/aromatic N) is 2. The smallest absolute Gasteiger partial charge is 0.268 e. The summed E-state index contributed by atoms with van der Waals surface area (Å²) in [7, 11) is 4.86. The number of fused-ring (bicyclic) bond motifs is 1. The average Bonchev–Trinajstić information content (AvgIpc) is 3.15. The highest BCUT2D eigenvalue weighted by atomic mass is 79.9. The van der Waals surface area contributed by atoms with Gasteiger partial charge >= 0.3 is 0 Å². The van der Waals surface area contributed by atoms with Crippen LogP contribution in [0.4, 0.5) is 5.69 Å². The Kier molecular flexibility index (Phi) is 4.27. The first-order valence-electron chi connectivity index (χ1n) is 6.68. The predicted molar refractivity (Wildman–Crippen MR) is 94.0 cm³/mol. The maximum absolute atomic E-state index is 12.7. The summed E-state index contributed by atoms with van der Waals surface area (Å²) >= 11 is 4.73. The van der Waals surface area contributed by atoms with E-state index in [0.717, 1.165) is 20.5 Å². The summed E-state index contributed by atoms with van der Waals surface area (Å²) in [6.07, 6.45) is 0. The van der Waals surface area contributed by atoms with Crippen molar-refractivity contribution in [3.63, 3.8) is 0 Å². The molecule has 2 aromatic heterocycles. The van der Waals surface area contributed by atoms with Crippen molar-refractivity contribution in [1.29, 1.82) is 0 Å². The van der Waals surface area contributed by atoms with E-state index < -0.39 is 0 Å². The monoisotopic (exact) mass is 395 g/mol. The largest absolute Gasteiger partial charge is 0.493 e. The van der Waals surface area contributed by atoms with Crippen molar-refractivity contribution < 1.29 is 14.3 Å². The molecule has 0 atom stereocenters.